The van der Waals surface area contributed by atoms with Crippen LogP contribution in [0.5, 0.6) is 0 Å². The van der Waals surface area contributed by atoms with E-state index in [0.29, 0.717) is 0 Å². The zero-order valence-electron chi connectivity index (χ0n) is 12.8. The molecule has 0 heteroatoms. The topological polar surface area (TPSA) is 0 Å². The van der Waals surface area contributed by atoms with Gasteiger partial charge in [0.2, 0.25) is 0 Å². The summed E-state index contributed by atoms with van der Waals surface area (Å²) in [4.78, 5) is 0. The normalized spacial score (nSPS) is 11.7. The van der Waals surface area contributed by atoms with E-state index in [1.807, 2.05) is 0 Å². The van der Waals surface area contributed by atoms with Crippen molar-refractivity contribution in [1.29, 1.82) is 0 Å². The molecule has 0 saturated carbocycles. The number of benzene rings is 4. The summed E-state index contributed by atoms with van der Waals surface area (Å²) in [7, 11) is 0. The van der Waals surface area contributed by atoms with Crippen LogP contribution in [-0.2, 0) is 6.42 Å². The first-order valence-electron chi connectivity index (χ1n) is 8.09. The Morgan fingerprint density at radius 1 is 0.478 bits per heavy atom. The molecule has 0 amide bonds. The van der Waals surface area contributed by atoms with Crippen LogP contribution < -0.4 is 0 Å². The van der Waals surface area contributed by atoms with Crippen molar-refractivity contribution in [2.45, 2.75) is 6.42 Å². The van der Waals surface area contributed by atoms with Gasteiger partial charge in [0.25, 0.3) is 0 Å². The van der Waals surface area contributed by atoms with Gasteiger partial charge in [-0.3, -0.25) is 0 Å². The maximum atomic E-state index is 2.38. The van der Waals surface area contributed by atoms with Crippen molar-refractivity contribution in [3.05, 3.63) is 96.1 Å². The molecule has 0 saturated heterocycles. The van der Waals surface area contributed by atoms with E-state index in [0.717, 1.165) is 6.42 Å². The van der Waals surface area contributed by atoms with Gasteiger partial charge in [0, 0.05) is 0 Å². The third-order valence-electron chi connectivity index (χ3n) is 4.80. The summed E-state index contributed by atoms with van der Waals surface area (Å²) >= 11 is 0. The first-order valence-corrected chi connectivity index (χ1v) is 8.09. The Bertz CT molecular complexity index is 1030. The maximum Gasteiger partial charge on any atom is -0.00253 e. The van der Waals surface area contributed by atoms with Gasteiger partial charge in [-0.15, -0.1) is 0 Å². The van der Waals surface area contributed by atoms with Gasteiger partial charge in [0.1, 0.15) is 0 Å². The number of hydrogen-bond acceptors (Lipinski definition) is 0. The zero-order chi connectivity index (χ0) is 15.2. The predicted octanol–water partition coefficient (Wildman–Crippen LogP) is 6.08. The zero-order valence-corrected chi connectivity index (χ0v) is 12.8. The molecular weight excluding hydrogens is 276 g/mol. The number of hydrogen-bond donors (Lipinski definition) is 0. The molecule has 0 unspecified atom stereocenters. The second kappa shape index (κ2) is 4.82. The highest BCUT2D eigenvalue weighted by Gasteiger charge is 2.21. The monoisotopic (exact) mass is 292 g/mol. The van der Waals surface area contributed by atoms with Crippen LogP contribution in [0.4, 0.5) is 0 Å². The molecule has 23 heavy (non-hydrogen) atoms. The van der Waals surface area contributed by atoms with Crippen LogP contribution in [0.2, 0.25) is 0 Å². The SMILES string of the molecule is c1ccc(Cc2cc3c4c(cccc4c2)-c2ccccc2-3)cc1. The highest BCUT2D eigenvalue weighted by Crippen LogP contribution is 2.47. The van der Waals surface area contributed by atoms with Crippen LogP contribution in [0.25, 0.3) is 33.0 Å². The average molecular weight is 292 g/mol. The van der Waals surface area contributed by atoms with Crippen molar-refractivity contribution in [3.63, 3.8) is 0 Å². The highest BCUT2D eigenvalue weighted by atomic mass is 14.2. The molecule has 0 heterocycles. The minimum atomic E-state index is 0.982. The lowest BCUT2D eigenvalue weighted by atomic mass is 9.96. The fraction of sp³-hybridized carbons (Fsp3) is 0.0435. The molecule has 4 aromatic carbocycles. The molecule has 4 aromatic rings. The third kappa shape index (κ3) is 1.92. The van der Waals surface area contributed by atoms with Gasteiger partial charge in [-0.1, -0.05) is 84.9 Å². The quantitative estimate of drug-likeness (QED) is 0.370. The molecule has 1 aliphatic carbocycles. The Labute approximate surface area is 136 Å². The summed E-state index contributed by atoms with van der Waals surface area (Å²) in [5, 5.41) is 2.76. The Morgan fingerprint density at radius 2 is 1.17 bits per heavy atom. The van der Waals surface area contributed by atoms with Gasteiger partial charge in [-0.25, -0.2) is 0 Å². The lowest BCUT2D eigenvalue weighted by molar-refractivity contribution is 1.20. The van der Waals surface area contributed by atoms with Crippen LogP contribution in [-0.4, -0.2) is 0 Å². The fourth-order valence-corrected chi connectivity index (χ4v) is 3.81. The van der Waals surface area contributed by atoms with Gasteiger partial charge in [-0.05, 0) is 50.6 Å². The molecule has 0 aromatic heterocycles. The smallest absolute Gasteiger partial charge is 0.00253 e. The Morgan fingerprint density at radius 3 is 2.00 bits per heavy atom. The van der Waals surface area contributed by atoms with Crippen LogP contribution in [0.15, 0.2) is 84.9 Å². The first kappa shape index (κ1) is 12.7. The van der Waals surface area contributed by atoms with Gasteiger partial charge >= 0.3 is 0 Å². The van der Waals surface area contributed by atoms with Crippen molar-refractivity contribution in [2.24, 2.45) is 0 Å². The summed E-state index contributed by atoms with van der Waals surface area (Å²) in [6, 6.07) is 30.9. The summed E-state index contributed by atoms with van der Waals surface area (Å²) in [5.74, 6) is 0. The molecule has 0 atom stereocenters. The average Bonchev–Trinajstić information content (AvgIpc) is 2.92. The van der Waals surface area contributed by atoms with E-state index in [1.165, 1.54) is 44.2 Å². The van der Waals surface area contributed by atoms with Gasteiger partial charge in [0.05, 0.1) is 0 Å². The molecular formula is C23H16. The second-order valence-electron chi connectivity index (χ2n) is 6.26. The largest absolute Gasteiger partial charge is 0.0622 e. The minimum Gasteiger partial charge on any atom is -0.0622 e. The molecule has 1 aliphatic rings. The third-order valence-corrected chi connectivity index (χ3v) is 4.80. The number of fused-ring (bicyclic) bond motifs is 3. The predicted molar refractivity (Wildman–Crippen MR) is 97.6 cm³/mol. The molecule has 108 valence electrons. The van der Waals surface area contributed by atoms with Crippen molar-refractivity contribution in [3.8, 4) is 22.3 Å². The summed E-state index contributed by atoms with van der Waals surface area (Å²) in [6.07, 6.45) is 0.982. The van der Waals surface area contributed by atoms with Crippen LogP contribution >= 0.6 is 0 Å². The second-order valence-corrected chi connectivity index (χ2v) is 6.26. The Kier molecular flexibility index (Phi) is 2.65. The minimum absolute atomic E-state index is 0.982. The Hall–Kier alpha value is -2.86. The first-order chi connectivity index (χ1) is 11.4. The molecule has 0 bridgehead atoms. The fourth-order valence-electron chi connectivity index (χ4n) is 3.81. The van der Waals surface area contributed by atoms with Crippen molar-refractivity contribution >= 4 is 10.8 Å². The van der Waals surface area contributed by atoms with Crippen LogP contribution in [0.1, 0.15) is 11.1 Å². The molecule has 0 N–H and O–H groups in total. The molecule has 0 nitrogen and oxygen atoms in total. The molecule has 0 spiro atoms. The van der Waals surface area contributed by atoms with Crippen LogP contribution in [0.3, 0.4) is 0 Å². The van der Waals surface area contributed by atoms with Gasteiger partial charge < -0.3 is 0 Å². The lowest BCUT2D eigenvalue weighted by Gasteiger charge is -2.08. The van der Waals surface area contributed by atoms with E-state index in [9.17, 15) is 0 Å². The highest BCUT2D eigenvalue weighted by molar-refractivity contribution is 6.15. The molecule has 0 radical (unpaired) electrons. The van der Waals surface area contributed by atoms with E-state index in [4.69, 9.17) is 0 Å². The molecule has 0 fully saturated rings. The lowest BCUT2D eigenvalue weighted by Crippen LogP contribution is -1.89. The van der Waals surface area contributed by atoms with Crippen LogP contribution in [0, 0.1) is 0 Å². The molecule has 5 rings (SSSR count). The van der Waals surface area contributed by atoms with E-state index < -0.39 is 0 Å². The van der Waals surface area contributed by atoms with E-state index >= 15 is 0 Å². The maximum absolute atomic E-state index is 2.38. The Balaban J connectivity index is 1.74. The van der Waals surface area contributed by atoms with Gasteiger partial charge in [0.15, 0.2) is 0 Å². The van der Waals surface area contributed by atoms with E-state index in [2.05, 4.69) is 84.9 Å². The molecule has 0 aliphatic heterocycles. The van der Waals surface area contributed by atoms with E-state index in [-0.39, 0.29) is 0 Å². The van der Waals surface area contributed by atoms with E-state index in [1.54, 1.807) is 0 Å². The van der Waals surface area contributed by atoms with Crippen molar-refractivity contribution in [1.82, 2.24) is 0 Å². The summed E-state index contributed by atoms with van der Waals surface area (Å²) in [6.45, 7) is 0. The van der Waals surface area contributed by atoms with Crippen molar-refractivity contribution < 1.29 is 0 Å². The summed E-state index contributed by atoms with van der Waals surface area (Å²) < 4.78 is 0. The van der Waals surface area contributed by atoms with Crippen molar-refractivity contribution in [2.75, 3.05) is 0 Å². The summed E-state index contributed by atoms with van der Waals surface area (Å²) in [5.41, 5.74) is 8.24. The number of rotatable bonds is 2. The standard InChI is InChI=1S/C23H16/c1-2-7-16(8-3-1)13-17-14-18-9-6-12-21-19-10-4-5-11-20(19)22(15-17)23(18)21/h1-12,14-15H,13H2. The van der Waals surface area contributed by atoms with Gasteiger partial charge in [-0.2, -0.15) is 0 Å².